The molecule has 0 radical (unpaired) electrons. The fraction of sp³-hybridized carbons (Fsp3) is 0.286. The summed E-state index contributed by atoms with van der Waals surface area (Å²) in [7, 11) is 0.897. The molecule has 0 heterocycles. The molecule has 0 bridgehead atoms. The summed E-state index contributed by atoms with van der Waals surface area (Å²) in [6, 6.07) is 0. The normalized spacial score (nSPS) is 28.6. The molecule has 1 rings (SSSR count). The third kappa shape index (κ3) is 1.33. The second kappa shape index (κ2) is 3.34. The van der Waals surface area contributed by atoms with Crippen LogP contribution in [0.2, 0.25) is 0 Å². The van der Waals surface area contributed by atoms with Crippen molar-refractivity contribution in [2.75, 3.05) is 7.05 Å². The molecule has 0 N–H and O–H groups in total. The van der Waals surface area contributed by atoms with Gasteiger partial charge in [0.25, 0.3) is 5.13 Å². The first-order valence-electron chi connectivity index (χ1n) is 3.30. The number of hydrogen-bond acceptors (Lipinski definition) is 1. The van der Waals surface area contributed by atoms with Gasteiger partial charge < -0.3 is 0 Å². The zero-order valence-electron chi connectivity index (χ0n) is 6.72. The third-order valence-electron chi connectivity index (χ3n) is 1.58. The minimum Gasteiger partial charge on any atom is -0.283 e. The number of nitrogens with zero attached hydrogens (tertiary/aromatic N) is 1. The van der Waals surface area contributed by atoms with Gasteiger partial charge in [0.2, 0.25) is 0 Å². The van der Waals surface area contributed by atoms with E-state index in [-0.39, 0.29) is 0 Å². The smallest absolute Gasteiger partial charge is 0.283 e. The Morgan fingerprint density at radius 1 is 1.07 bits per heavy atom. The molecule has 0 fully saturated rings. The maximum atomic E-state index is 12.8. The highest BCUT2D eigenvalue weighted by atomic mass is 35.5. The molecule has 0 amide bonds. The highest BCUT2D eigenvalue weighted by molar-refractivity contribution is 6.28. The molecule has 7 heteroatoms. The van der Waals surface area contributed by atoms with Gasteiger partial charge in [0.15, 0.2) is 23.3 Å². The number of aliphatic imine (C=N–C) groups is 1. The van der Waals surface area contributed by atoms with Gasteiger partial charge in [-0.25, -0.2) is 22.0 Å². The van der Waals surface area contributed by atoms with E-state index in [1.54, 1.807) is 0 Å². The molecule has 14 heavy (non-hydrogen) atoms. The Morgan fingerprint density at radius 3 is 1.71 bits per heavy atom. The van der Waals surface area contributed by atoms with Gasteiger partial charge in [0, 0.05) is 7.05 Å². The second-order valence-electron chi connectivity index (χ2n) is 2.40. The van der Waals surface area contributed by atoms with Gasteiger partial charge in [-0.2, -0.15) is 0 Å². The van der Waals surface area contributed by atoms with Gasteiger partial charge in [-0.05, 0) is 0 Å². The predicted octanol–water partition coefficient (Wildman–Crippen LogP) is 3.28. The topological polar surface area (TPSA) is 12.4 Å². The van der Waals surface area contributed by atoms with Gasteiger partial charge in [-0.3, -0.25) is 4.99 Å². The van der Waals surface area contributed by atoms with Crippen LogP contribution in [-0.4, -0.2) is 17.9 Å². The summed E-state index contributed by atoms with van der Waals surface area (Å²) in [6.07, 6.45) is 0. The minimum atomic E-state index is -3.91. The highest BCUT2D eigenvalue weighted by Gasteiger charge is 2.49. The lowest BCUT2D eigenvalue weighted by atomic mass is 10.1. The van der Waals surface area contributed by atoms with Gasteiger partial charge in [-0.1, -0.05) is 11.6 Å². The van der Waals surface area contributed by atoms with Crippen LogP contribution in [-0.2, 0) is 0 Å². The molecule has 0 aromatic rings. The Labute approximate surface area is 80.6 Å². The monoisotopic (exact) mass is 231 g/mol. The largest absolute Gasteiger partial charge is 0.291 e. The number of hydrogen-bond donors (Lipinski definition) is 0. The van der Waals surface area contributed by atoms with Crippen molar-refractivity contribution in [3.8, 4) is 0 Å². The number of allylic oxidation sites excluding steroid dienone is 4. The SMILES string of the molecule is CN=C1C(F)=C(F)C(F)(Cl)C(F)=C1F. The van der Waals surface area contributed by atoms with Crippen molar-refractivity contribution < 1.29 is 22.0 Å². The van der Waals surface area contributed by atoms with E-state index in [0.717, 1.165) is 7.05 Å². The lowest BCUT2D eigenvalue weighted by molar-refractivity contribution is 0.256. The molecule has 0 aliphatic heterocycles. The van der Waals surface area contributed by atoms with E-state index in [9.17, 15) is 22.0 Å². The second-order valence-corrected chi connectivity index (χ2v) is 2.92. The first-order valence-corrected chi connectivity index (χ1v) is 3.68. The van der Waals surface area contributed by atoms with Gasteiger partial charge in [-0.15, -0.1) is 0 Å². The fourth-order valence-corrected chi connectivity index (χ4v) is 1.04. The van der Waals surface area contributed by atoms with Gasteiger partial charge in [0.05, 0.1) is 0 Å². The third-order valence-corrected chi connectivity index (χ3v) is 1.91. The molecule has 1 nitrogen and oxygen atoms in total. The Morgan fingerprint density at radius 2 is 1.43 bits per heavy atom. The Bertz CT molecular complexity index is 338. The quantitative estimate of drug-likeness (QED) is 0.448. The standard InChI is InChI=1S/C7H3ClF5N/c1-14-4-2(9)5(11)7(8,13)6(12)3(4)10/h1H3. The highest BCUT2D eigenvalue weighted by Crippen LogP contribution is 2.44. The number of alkyl halides is 2. The van der Waals surface area contributed by atoms with Crippen LogP contribution in [0.5, 0.6) is 0 Å². The van der Waals surface area contributed by atoms with Crippen molar-refractivity contribution in [1.29, 1.82) is 0 Å². The van der Waals surface area contributed by atoms with Crippen LogP contribution in [0.15, 0.2) is 28.3 Å². The van der Waals surface area contributed by atoms with Crippen LogP contribution in [0.3, 0.4) is 0 Å². The molecule has 0 saturated heterocycles. The molecule has 0 unspecified atom stereocenters. The first kappa shape index (κ1) is 11.2. The lowest BCUT2D eigenvalue weighted by Gasteiger charge is -2.19. The van der Waals surface area contributed by atoms with Crippen molar-refractivity contribution >= 4 is 17.3 Å². The maximum absolute atomic E-state index is 12.8. The average molecular weight is 232 g/mol. The Kier molecular flexibility index (Phi) is 2.67. The van der Waals surface area contributed by atoms with Crippen molar-refractivity contribution in [3.05, 3.63) is 23.3 Å². The molecule has 0 atom stereocenters. The minimum absolute atomic E-state index is 0.897. The van der Waals surface area contributed by atoms with Crippen LogP contribution < -0.4 is 0 Å². The molecule has 0 aromatic carbocycles. The molecular formula is C7H3ClF5N. The van der Waals surface area contributed by atoms with Crippen LogP contribution in [0, 0.1) is 0 Å². The van der Waals surface area contributed by atoms with Gasteiger partial charge >= 0.3 is 0 Å². The summed E-state index contributed by atoms with van der Waals surface area (Å²) in [4.78, 5) is 2.92. The van der Waals surface area contributed by atoms with E-state index in [4.69, 9.17) is 0 Å². The van der Waals surface area contributed by atoms with Crippen molar-refractivity contribution in [1.82, 2.24) is 0 Å². The van der Waals surface area contributed by atoms with Crippen LogP contribution in [0.25, 0.3) is 0 Å². The van der Waals surface area contributed by atoms with Crippen LogP contribution in [0.4, 0.5) is 22.0 Å². The average Bonchev–Trinajstić information content (AvgIpc) is 2.14. The molecule has 0 spiro atoms. The zero-order valence-corrected chi connectivity index (χ0v) is 7.47. The predicted molar refractivity (Wildman–Crippen MR) is 41.5 cm³/mol. The number of rotatable bonds is 0. The van der Waals surface area contributed by atoms with Gasteiger partial charge in [0.1, 0.15) is 5.71 Å². The summed E-state index contributed by atoms with van der Waals surface area (Å²) >= 11 is 4.62. The van der Waals surface area contributed by atoms with E-state index in [1.165, 1.54) is 0 Å². The molecule has 0 saturated carbocycles. The van der Waals surface area contributed by atoms with Crippen LogP contribution in [0.1, 0.15) is 0 Å². The van der Waals surface area contributed by atoms with E-state index in [2.05, 4.69) is 16.6 Å². The molecule has 0 aromatic heterocycles. The van der Waals surface area contributed by atoms with Crippen molar-refractivity contribution in [2.24, 2.45) is 4.99 Å². The molecular weight excluding hydrogens is 229 g/mol. The lowest BCUT2D eigenvalue weighted by Crippen LogP contribution is -2.26. The summed E-state index contributed by atoms with van der Waals surface area (Å²) in [5.74, 6) is -8.36. The first-order chi connectivity index (χ1) is 6.34. The maximum Gasteiger partial charge on any atom is 0.291 e. The van der Waals surface area contributed by atoms with E-state index < -0.39 is 34.1 Å². The van der Waals surface area contributed by atoms with Crippen LogP contribution >= 0.6 is 11.6 Å². The number of halogens is 6. The van der Waals surface area contributed by atoms with E-state index in [1.807, 2.05) is 0 Å². The fourth-order valence-electron chi connectivity index (χ4n) is 0.873. The molecule has 78 valence electrons. The Balaban J connectivity index is 3.45. The molecule has 1 aliphatic carbocycles. The summed E-state index contributed by atoms with van der Waals surface area (Å²) < 4.78 is 63.8. The molecule has 1 aliphatic rings. The zero-order chi connectivity index (χ0) is 11.1. The Hall–Kier alpha value is -0.910. The van der Waals surface area contributed by atoms with E-state index in [0.29, 0.717) is 0 Å². The summed E-state index contributed by atoms with van der Waals surface area (Å²) in [5.41, 5.74) is -1.23. The summed E-state index contributed by atoms with van der Waals surface area (Å²) in [5, 5.41) is -3.91. The van der Waals surface area contributed by atoms with Crippen molar-refractivity contribution in [2.45, 2.75) is 5.13 Å². The van der Waals surface area contributed by atoms with Crippen molar-refractivity contribution in [3.63, 3.8) is 0 Å². The summed E-state index contributed by atoms with van der Waals surface area (Å²) in [6.45, 7) is 0. The van der Waals surface area contributed by atoms with E-state index >= 15 is 0 Å².